The van der Waals surface area contributed by atoms with E-state index in [9.17, 15) is 4.79 Å². The molecule has 0 radical (unpaired) electrons. The van der Waals surface area contributed by atoms with Gasteiger partial charge in [-0.3, -0.25) is 13.8 Å². The number of hydrogen-bond donors (Lipinski definition) is 0. The van der Waals surface area contributed by atoms with E-state index in [0.29, 0.717) is 16.6 Å². The van der Waals surface area contributed by atoms with Gasteiger partial charge >= 0.3 is 5.56 Å². The van der Waals surface area contributed by atoms with Crippen LogP contribution in [0.15, 0.2) is 40.5 Å². The second kappa shape index (κ2) is 5.70. The second-order valence-electron chi connectivity index (χ2n) is 4.93. The number of rotatable bonds is 3. The van der Waals surface area contributed by atoms with E-state index < -0.39 is 0 Å². The number of aromatic nitrogens is 4. The molecule has 110 valence electrons. The molecule has 0 amide bonds. The fourth-order valence-electron chi connectivity index (χ4n) is 2.34. The van der Waals surface area contributed by atoms with Gasteiger partial charge in [0.25, 0.3) is 0 Å². The summed E-state index contributed by atoms with van der Waals surface area (Å²) in [5.74, 6) is 3.02. The number of hydrogen-bond acceptors (Lipinski definition) is 4. The van der Waals surface area contributed by atoms with Crippen LogP contribution < -0.4 is 5.56 Å². The minimum absolute atomic E-state index is 0.200. The molecule has 2 heterocycles. The van der Waals surface area contributed by atoms with Crippen molar-refractivity contribution < 1.29 is 0 Å². The molecule has 5 nitrogen and oxygen atoms in total. The molecule has 0 saturated heterocycles. The van der Waals surface area contributed by atoms with Crippen molar-refractivity contribution >= 4 is 17.4 Å². The summed E-state index contributed by atoms with van der Waals surface area (Å²) < 4.78 is 3.26. The van der Waals surface area contributed by atoms with Crippen molar-refractivity contribution in [2.75, 3.05) is 5.75 Å². The summed E-state index contributed by atoms with van der Waals surface area (Å²) in [6, 6.07) is 5.97. The van der Waals surface area contributed by atoms with Gasteiger partial charge in [-0.05, 0) is 25.5 Å². The number of benzene rings is 1. The average Bonchev–Trinajstić information content (AvgIpc) is 2.90. The maximum absolute atomic E-state index is 12.6. The van der Waals surface area contributed by atoms with Crippen molar-refractivity contribution in [3.05, 3.63) is 52.1 Å². The number of thioether (sulfide) groups is 1. The molecule has 0 unspecified atom stereocenters. The first kappa shape index (κ1) is 14.4. The lowest BCUT2D eigenvalue weighted by Gasteiger charge is -2.10. The third-order valence-electron chi connectivity index (χ3n) is 3.34. The first-order valence-corrected chi connectivity index (χ1v) is 7.70. The summed E-state index contributed by atoms with van der Waals surface area (Å²) in [4.78, 5) is 12.6. The highest BCUT2D eigenvalue weighted by molar-refractivity contribution is 7.99. The first-order chi connectivity index (χ1) is 10.6. The Balaban J connectivity index is 2.15. The summed E-state index contributed by atoms with van der Waals surface area (Å²) in [6.07, 6.45) is 8.77. The lowest BCUT2D eigenvalue weighted by atomic mass is 10.1. The molecule has 1 aromatic carbocycles. The van der Waals surface area contributed by atoms with Crippen LogP contribution in [-0.4, -0.2) is 24.9 Å². The van der Waals surface area contributed by atoms with Crippen LogP contribution >= 0.6 is 11.8 Å². The van der Waals surface area contributed by atoms with Crippen molar-refractivity contribution in [1.82, 2.24) is 19.2 Å². The molecule has 0 spiro atoms. The van der Waals surface area contributed by atoms with Gasteiger partial charge in [-0.1, -0.05) is 35.4 Å². The minimum Gasteiger partial charge on any atom is -0.279 e. The fourth-order valence-corrected chi connectivity index (χ4v) is 2.93. The lowest BCUT2D eigenvalue weighted by Crippen LogP contribution is -2.21. The van der Waals surface area contributed by atoms with Gasteiger partial charge < -0.3 is 0 Å². The van der Waals surface area contributed by atoms with Gasteiger partial charge in [0.15, 0.2) is 5.16 Å². The standard InChI is InChI=1S/C16H14N4OS/c1-4-9-22-16-18-17-14-15(21)19(7-8-20(14)16)13-6-5-11(2)10-12(13)3/h1,5-8,10H,9H2,2-3H3. The number of aryl methyl sites for hydroxylation is 2. The number of terminal acetylenes is 1. The number of nitrogens with zero attached hydrogens (tertiary/aromatic N) is 4. The highest BCUT2D eigenvalue weighted by Gasteiger charge is 2.12. The average molecular weight is 310 g/mol. The van der Waals surface area contributed by atoms with Crippen LogP contribution in [0.4, 0.5) is 0 Å². The van der Waals surface area contributed by atoms with E-state index in [4.69, 9.17) is 6.42 Å². The molecule has 3 rings (SSSR count). The van der Waals surface area contributed by atoms with Gasteiger partial charge in [-0.25, -0.2) is 0 Å². The van der Waals surface area contributed by atoms with E-state index in [0.717, 1.165) is 16.8 Å². The molecular formula is C16H14N4OS. The van der Waals surface area contributed by atoms with Crippen LogP contribution in [0.5, 0.6) is 0 Å². The van der Waals surface area contributed by atoms with Gasteiger partial charge in [0.2, 0.25) is 5.65 Å². The van der Waals surface area contributed by atoms with Crippen LogP contribution in [0.3, 0.4) is 0 Å². The van der Waals surface area contributed by atoms with Crippen molar-refractivity contribution in [2.45, 2.75) is 19.0 Å². The summed E-state index contributed by atoms with van der Waals surface area (Å²) in [6.45, 7) is 4.01. The molecule has 0 saturated carbocycles. The topological polar surface area (TPSA) is 52.2 Å². The Bertz CT molecular complexity index is 949. The van der Waals surface area contributed by atoms with Crippen molar-refractivity contribution in [2.24, 2.45) is 0 Å². The molecule has 6 heteroatoms. The Labute approximate surface area is 132 Å². The molecule has 0 fully saturated rings. The summed E-state index contributed by atoms with van der Waals surface area (Å²) in [7, 11) is 0. The van der Waals surface area contributed by atoms with Crippen molar-refractivity contribution in [3.63, 3.8) is 0 Å². The van der Waals surface area contributed by atoms with Gasteiger partial charge in [0.1, 0.15) is 0 Å². The molecular weight excluding hydrogens is 296 g/mol. The fraction of sp³-hybridized carbons (Fsp3) is 0.188. The number of fused-ring (bicyclic) bond motifs is 1. The van der Waals surface area contributed by atoms with Crippen LogP contribution in [0, 0.1) is 26.2 Å². The maximum Gasteiger partial charge on any atom is 0.300 e. The third-order valence-corrected chi connectivity index (χ3v) is 4.18. The normalized spacial score (nSPS) is 10.8. The Morgan fingerprint density at radius 1 is 1.27 bits per heavy atom. The predicted octanol–water partition coefficient (Wildman–Crippen LogP) is 2.22. The Hall–Kier alpha value is -2.52. The monoisotopic (exact) mass is 310 g/mol. The zero-order valence-electron chi connectivity index (χ0n) is 12.3. The molecule has 3 aromatic rings. The summed E-state index contributed by atoms with van der Waals surface area (Å²) >= 11 is 1.38. The zero-order valence-corrected chi connectivity index (χ0v) is 13.1. The molecule has 22 heavy (non-hydrogen) atoms. The minimum atomic E-state index is -0.200. The van der Waals surface area contributed by atoms with Gasteiger partial charge in [0, 0.05) is 12.4 Å². The van der Waals surface area contributed by atoms with E-state index in [1.165, 1.54) is 11.8 Å². The first-order valence-electron chi connectivity index (χ1n) is 6.72. The lowest BCUT2D eigenvalue weighted by molar-refractivity contribution is 0.891. The smallest absolute Gasteiger partial charge is 0.279 e. The summed E-state index contributed by atoms with van der Waals surface area (Å²) in [5.41, 5.74) is 3.13. The molecule has 0 atom stereocenters. The Morgan fingerprint density at radius 2 is 2.09 bits per heavy atom. The van der Waals surface area contributed by atoms with Crippen LogP contribution in [0.1, 0.15) is 11.1 Å². The van der Waals surface area contributed by atoms with E-state index >= 15 is 0 Å². The molecule has 0 N–H and O–H groups in total. The van der Waals surface area contributed by atoms with E-state index in [-0.39, 0.29) is 5.56 Å². The van der Waals surface area contributed by atoms with E-state index in [2.05, 4.69) is 16.1 Å². The molecule has 0 aliphatic heterocycles. The summed E-state index contributed by atoms with van der Waals surface area (Å²) in [5, 5.41) is 8.65. The largest absolute Gasteiger partial charge is 0.300 e. The molecule has 0 aliphatic carbocycles. The molecule has 2 aromatic heterocycles. The van der Waals surface area contributed by atoms with Gasteiger partial charge in [-0.15, -0.1) is 16.6 Å². The highest BCUT2D eigenvalue weighted by Crippen LogP contribution is 2.17. The molecule has 0 aliphatic rings. The van der Waals surface area contributed by atoms with Crippen molar-refractivity contribution in [3.8, 4) is 18.0 Å². The van der Waals surface area contributed by atoms with Gasteiger partial charge in [0.05, 0.1) is 11.4 Å². The third kappa shape index (κ3) is 2.40. The highest BCUT2D eigenvalue weighted by atomic mass is 32.2. The van der Waals surface area contributed by atoms with Crippen LogP contribution in [0.25, 0.3) is 11.3 Å². The van der Waals surface area contributed by atoms with E-state index in [1.54, 1.807) is 21.4 Å². The van der Waals surface area contributed by atoms with Crippen LogP contribution in [0.2, 0.25) is 0 Å². The Kier molecular flexibility index (Phi) is 3.73. The van der Waals surface area contributed by atoms with Gasteiger partial charge in [-0.2, -0.15) is 0 Å². The molecule has 0 bridgehead atoms. The Morgan fingerprint density at radius 3 is 2.82 bits per heavy atom. The predicted molar refractivity (Wildman–Crippen MR) is 87.6 cm³/mol. The maximum atomic E-state index is 12.6. The quantitative estimate of drug-likeness (QED) is 0.550. The van der Waals surface area contributed by atoms with Crippen molar-refractivity contribution in [1.29, 1.82) is 0 Å². The SMILES string of the molecule is C#CCSc1nnc2c(=O)n(-c3ccc(C)cc3C)ccn12. The van der Waals surface area contributed by atoms with Crippen LogP contribution in [-0.2, 0) is 0 Å². The zero-order chi connectivity index (χ0) is 15.7. The second-order valence-corrected chi connectivity index (χ2v) is 5.87. The van der Waals surface area contributed by atoms with E-state index in [1.807, 2.05) is 32.0 Å².